The van der Waals surface area contributed by atoms with Gasteiger partial charge in [0.1, 0.15) is 0 Å². The molecule has 0 atom stereocenters. The molecule has 2 aromatic heterocycles. The monoisotopic (exact) mass is 231 g/mol. The highest BCUT2D eigenvalue weighted by molar-refractivity contribution is 5.42. The van der Waals surface area contributed by atoms with Crippen LogP contribution in [0.5, 0.6) is 5.88 Å². The summed E-state index contributed by atoms with van der Waals surface area (Å²) < 4.78 is 7.23. The van der Waals surface area contributed by atoms with Crippen LogP contribution >= 0.6 is 0 Å². The molecule has 4 heteroatoms. The number of aryl methyl sites for hydroxylation is 1. The van der Waals surface area contributed by atoms with E-state index in [4.69, 9.17) is 4.74 Å². The summed E-state index contributed by atoms with van der Waals surface area (Å²) in [5.41, 5.74) is 2.26. The lowest BCUT2D eigenvalue weighted by molar-refractivity contribution is 0.398. The third-order valence-electron chi connectivity index (χ3n) is 2.68. The summed E-state index contributed by atoms with van der Waals surface area (Å²) in [6, 6.07) is 7.99. The maximum Gasteiger partial charge on any atom is 0.213 e. The highest BCUT2D eigenvalue weighted by Crippen LogP contribution is 2.12. The third kappa shape index (κ3) is 2.78. The van der Waals surface area contributed by atoms with E-state index in [9.17, 15) is 0 Å². The number of hydrogen-bond donors (Lipinski definition) is 1. The summed E-state index contributed by atoms with van der Waals surface area (Å²) in [6.45, 7) is 3.93. The molecule has 0 aromatic carbocycles. The van der Waals surface area contributed by atoms with E-state index in [2.05, 4.69) is 40.1 Å². The molecule has 0 amide bonds. The molecule has 4 nitrogen and oxygen atoms in total. The van der Waals surface area contributed by atoms with Gasteiger partial charge in [-0.2, -0.15) is 0 Å². The lowest BCUT2D eigenvalue weighted by Crippen LogP contribution is -2.06. The maximum atomic E-state index is 5.01. The lowest BCUT2D eigenvalue weighted by Gasteiger charge is -2.09. The zero-order chi connectivity index (χ0) is 12.1. The fourth-order valence-corrected chi connectivity index (χ4v) is 1.72. The molecule has 0 aliphatic heterocycles. The fourth-order valence-electron chi connectivity index (χ4n) is 1.72. The largest absolute Gasteiger partial charge is 0.481 e. The molecule has 2 heterocycles. The van der Waals surface area contributed by atoms with Gasteiger partial charge in [-0.3, -0.25) is 0 Å². The number of ether oxygens (including phenoxy) is 1. The van der Waals surface area contributed by atoms with Crippen molar-refractivity contribution in [3.63, 3.8) is 0 Å². The molecular formula is C13H17N3O. The number of nitrogens with one attached hydrogen (secondary N) is 1. The second-order valence-corrected chi connectivity index (χ2v) is 3.73. The topological polar surface area (TPSA) is 39.1 Å². The normalized spacial score (nSPS) is 10.2. The van der Waals surface area contributed by atoms with Gasteiger partial charge in [0.15, 0.2) is 0 Å². The molecule has 0 aliphatic rings. The molecule has 2 rings (SSSR count). The summed E-state index contributed by atoms with van der Waals surface area (Å²) >= 11 is 0. The van der Waals surface area contributed by atoms with Crippen molar-refractivity contribution in [2.75, 3.05) is 12.4 Å². The summed E-state index contributed by atoms with van der Waals surface area (Å²) in [7, 11) is 1.61. The number of hydrogen-bond acceptors (Lipinski definition) is 3. The Hall–Kier alpha value is -1.97. The highest BCUT2D eigenvalue weighted by atomic mass is 16.5. The zero-order valence-corrected chi connectivity index (χ0v) is 10.2. The van der Waals surface area contributed by atoms with Gasteiger partial charge >= 0.3 is 0 Å². The van der Waals surface area contributed by atoms with E-state index in [1.54, 1.807) is 13.3 Å². The average Bonchev–Trinajstić information content (AvgIpc) is 2.84. The van der Waals surface area contributed by atoms with Gasteiger partial charge in [-0.25, -0.2) is 4.98 Å². The van der Waals surface area contributed by atoms with Crippen LogP contribution in [0.25, 0.3) is 0 Å². The summed E-state index contributed by atoms with van der Waals surface area (Å²) in [5.74, 6) is 0.632. The predicted octanol–water partition coefficient (Wildman–Crippen LogP) is 2.52. The molecule has 0 saturated carbocycles. The Kier molecular flexibility index (Phi) is 3.65. The number of nitrogens with zero attached hydrogens (tertiary/aromatic N) is 2. The van der Waals surface area contributed by atoms with Gasteiger partial charge in [-0.05, 0) is 25.1 Å². The standard InChI is InChI=1S/C13H17N3O/c1-3-16-8-4-5-12(16)10-14-11-6-7-13(17-2)15-9-11/h4-9,14H,3,10H2,1-2H3. The van der Waals surface area contributed by atoms with Crippen LogP contribution in [0, 0.1) is 0 Å². The second kappa shape index (κ2) is 5.39. The quantitative estimate of drug-likeness (QED) is 0.859. The van der Waals surface area contributed by atoms with Crippen molar-refractivity contribution in [2.24, 2.45) is 0 Å². The Morgan fingerprint density at radius 1 is 1.35 bits per heavy atom. The fraction of sp³-hybridized carbons (Fsp3) is 0.308. The van der Waals surface area contributed by atoms with Crippen LogP contribution in [-0.2, 0) is 13.1 Å². The van der Waals surface area contributed by atoms with Gasteiger partial charge in [0, 0.05) is 24.5 Å². The van der Waals surface area contributed by atoms with E-state index in [0.717, 1.165) is 18.8 Å². The molecular weight excluding hydrogens is 214 g/mol. The second-order valence-electron chi connectivity index (χ2n) is 3.73. The van der Waals surface area contributed by atoms with E-state index >= 15 is 0 Å². The zero-order valence-electron chi connectivity index (χ0n) is 10.2. The molecule has 1 N–H and O–H groups in total. The van der Waals surface area contributed by atoms with Crippen molar-refractivity contribution in [3.8, 4) is 5.88 Å². The molecule has 2 aromatic rings. The summed E-state index contributed by atoms with van der Waals surface area (Å²) in [4.78, 5) is 4.15. The van der Waals surface area contributed by atoms with Crippen LogP contribution in [0.1, 0.15) is 12.6 Å². The molecule has 0 bridgehead atoms. The Balaban J connectivity index is 1.97. The minimum atomic E-state index is 0.632. The van der Waals surface area contributed by atoms with Gasteiger partial charge < -0.3 is 14.6 Å². The molecule has 0 radical (unpaired) electrons. The van der Waals surface area contributed by atoms with Crippen molar-refractivity contribution in [1.82, 2.24) is 9.55 Å². The minimum absolute atomic E-state index is 0.632. The van der Waals surface area contributed by atoms with Crippen LogP contribution in [-0.4, -0.2) is 16.7 Å². The number of rotatable bonds is 5. The minimum Gasteiger partial charge on any atom is -0.481 e. The molecule has 0 spiro atoms. The van der Waals surface area contributed by atoms with Gasteiger partial charge in [-0.15, -0.1) is 0 Å². The highest BCUT2D eigenvalue weighted by Gasteiger charge is 1.99. The third-order valence-corrected chi connectivity index (χ3v) is 2.68. The first-order valence-corrected chi connectivity index (χ1v) is 5.71. The molecule has 0 aliphatic carbocycles. The molecule has 90 valence electrons. The van der Waals surface area contributed by atoms with Crippen LogP contribution in [0.4, 0.5) is 5.69 Å². The number of methoxy groups -OCH3 is 1. The molecule has 0 unspecified atom stereocenters. The molecule has 0 saturated heterocycles. The van der Waals surface area contributed by atoms with E-state index < -0.39 is 0 Å². The molecule has 0 fully saturated rings. The maximum absolute atomic E-state index is 5.01. The van der Waals surface area contributed by atoms with Crippen LogP contribution < -0.4 is 10.1 Å². The average molecular weight is 231 g/mol. The Morgan fingerprint density at radius 2 is 2.24 bits per heavy atom. The first-order chi connectivity index (χ1) is 8.33. The predicted molar refractivity (Wildman–Crippen MR) is 68.2 cm³/mol. The SMILES string of the molecule is CCn1cccc1CNc1ccc(OC)nc1. The van der Waals surface area contributed by atoms with E-state index in [1.165, 1.54) is 5.69 Å². The van der Waals surface area contributed by atoms with Gasteiger partial charge in [0.25, 0.3) is 0 Å². The molecule has 17 heavy (non-hydrogen) atoms. The smallest absolute Gasteiger partial charge is 0.213 e. The van der Waals surface area contributed by atoms with Crippen LogP contribution in [0.3, 0.4) is 0 Å². The Labute approximate surface area is 101 Å². The Morgan fingerprint density at radius 3 is 2.88 bits per heavy atom. The van der Waals surface area contributed by atoms with E-state index in [-0.39, 0.29) is 0 Å². The van der Waals surface area contributed by atoms with E-state index in [1.807, 2.05) is 12.1 Å². The van der Waals surface area contributed by atoms with Crippen molar-refractivity contribution < 1.29 is 4.74 Å². The number of pyridine rings is 1. The summed E-state index contributed by atoms with van der Waals surface area (Å²) in [6.07, 6.45) is 3.86. The van der Waals surface area contributed by atoms with Crippen molar-refractivity contribution in [3.05, 3.63) is 42.4 Å². The summed E-state index contributed by atoms with van der Waals surface area (Å²) in [5, 5.41) is 3.33. The van der Waals surface area contributed by atoms with Crippen LogP contribution in [0.15, 0.2) is 36.7 Å². The Bertz CT molecular complexity index is 462. The lowest BCUT2D eigenvalue weighted by atomic mass is 10.3. The van der Waals surface area contributed by atoms with Gasteiger partial charge in [-0.1, -0.05) is 0 Å². The number of anilines is 1. The van der Waals surface area contributed by atoms with Gasteiger partial charge in [0.05, 0.1) is 25.5 Å². The van der Waals surface area contributed by atoms with E-state index in [0.29, 0.717) is 5.88 Å². The van der Waals surface area contributed by atoms with Crippen molar-refractivity contribution >= 4 is 5.69 Å². The first-order valence-electron chi connectivity index (χ1n) is 5.71. The van der Waals surface area contributed by atoms with Gasteiger partial charge in [0.2, 0.25) is 5.88 Å². The first kappa shape index (κ1) is 11.5. The van der Waals surface area contributed by atoms with Crippen LogP contribution in [0.2, 0.25) is 0 Å². The van der Waals surface area contributed by atoms with Crippen molar-refractivity contribution in [2.45, 2.75) is 20.0 Å². The van der Waals surface area contributed by atoms with Crippen molar-refractivity contribution in [1.29, 1.82) is 0 Å². The number of aromatic nitrogens is 2.